The lowest BCUT2D eigenvalue weighted by Crippen LogP contribution is -2.31. The minimum Gasteiger partial charge on any atom is -0.378 e. The summed E-state index contributed by atoms with van der Waals surface area (Å²) in [6.45, 7) is 4.17. The molecule has 3 aromatic rings. The van der Waals surface area contributed by atoms with Crippen molar-refractivity contribution in [1.82, 2.24) is 35.6 Å². The standard InChI is InChI=1S/C19H23N9O2/c1-13(14-8-4-2-5-9-14)21-23-19(29)16-15(12-27-10-6-3-7-11-27)28(26-22-16)18-17(20)24-30-25-18/h2,4-5,8-9H,3,6-7,10-12H2,1H3,(H2,20,24)(H,23,29)/b21-13-. The maximum absolute atomic E-state index is 12.9. The highest BCUT2D eigenvalue weighted by Crippen LogP contribution is 2.19. The third-order valence-electron chi connectivity index (χ3n) is 5.01. The van der Waals surface area contributed by atoms with Gasteiger partial charge in [0.2, 0.25) is 11.6 Å². The molecule has 0 aliphatic carbocycles. The van der Waals surface area contributed by atoms with Gasteiger partial charge in [0, 0.05) is 6.54 Å². The second kappa shape index (κ2) is 8.82. The van der Waals surface area contributed by atoms with Crippen LogP contribution in [0.4, 0.5) is 5.82 Å². The van der Waals surface area contributed by atoms with E-state index in [1.165, 1.54) is 11.1 Å². The first-order valence-electron chi connectivity index (χ1n) is 9.79. The Labute approximate surface area is 172 Å². The Hall–Kier alpha value is -3.60. The average molecular weight is 409 g/mol. The Morgan fingerprint density at radius 3 is 2.67 bits per heavy atom. The molecule has 156 valence electrons. The Balaban J connectivity index is 1.61. The van der Waals surface area contributed by atoms with Crippen molar-refractivity contribution < 1.29 is 9.42 Å². The largest absolute Gasteiger partial charge is 0.378 e. The summed E-state index contributed by atoms with van der Waals surface area (Å²) in [5.41, 5.74) is 10.7. The third-order valence-corrected chi connectivity index (χ3v) is 5.01. The van der Waals surface area contributed by atoms with Gasteiger partial charge >= 0.3 is 0 Å². The average Bonchev–Trinajstić information content (AvgIpc) is 3.39. The topological polar surface area (TPSA) is 140 Å². The van der Waals surface area contributed by atoms with Gasteiger partial charge in [-0.05, 0) is 48.7 Å². The number of carbonyl (C=O) groups is 1. The van der Waals surface area contributed by atoms with Crippen LogP contribution < -0.4 is 11.2 Å². The van der Waals surface area contributed by atoms with Crippen LogP contribution in [0.15, 0.2) is 40.1 Å². The molecule has 0 radical (unpaired) electrons. The highest BCUT2D eigenvalue weighted by atomic mass is 16.6. The number of carbonyl (C=O) groups excluding carboxylic acids is 1. The first kappa shape index (κ1) is 19.7. The number of nitrogen functional groups attached to an aromatic ring is 1. The molecule has 3 N–H and O–H groups in total. The van der Waals surface area contributed by atoms with E-state index in [0.29, 0.717) is 18.0 Å². The van der Waals surface area contributed by atoms with Gasteiger partial charge in [0.25, 0.3) is 5.91 Å². The molecule has 2 aromatic heterocycles. The molecule has 3 heterocycles. The molecule has 1 saturated heterocycles. The van der Waals surface area contributed by atoms with E-state index in [9.17, 15) is 4.79 Å². The van der Waals surface area contributed by atoms with E-state index >= 15 is 0 Å². The molecule has 1 fully saturated rings. The number of benzene rings is 1. The summed E-state index contributed by atoms with van der Waals surface area (Å²) in [6, 6.07) is 9.58. The van der Waals surface area contributed by atoms with E-state index in [1.54, 1.807) is 0 Å². The molecule has 4 rings (SSSR count). The van der Waals surface area contributed by atoms with Gasteiger partial charge in [0.05, 0.1) is 11.4 Å². The van der Waals surface area contributed by atoms with Crippen LogP contribution >= 0.6 is 0 Å². The summed E-state index contributed by atoms with van der Waals surface area (Å²) < 4.78 is 6.10. The van der Waals surface area contributed by atoms with Crippen molar-refractivity contribution in [2.24, 2.45) is 5.10 Å². The van der Waals surface area contributed by atoms with Crippen molar-refractivity contribution in [2.75, 3.05) is 18.8 Å². The molecule has 11 heteroatoms. The molecule has 30 heavy (non-hydrogen) atoms. The normalized spacial score (nSPS) is 15.3. The van der Waals surface area contributed by atoms with E-state index < -0.39 is 5.91 Å². The van der Waals surface area contributed by atoms with Gasteiger partial charge in [-0.2, -0.15) is 9.78 Å². The summed E-state index contributed by atoms with van der Waals surface area (Å²) in [5.74, 6) is -0.180. The zero-order chi connectivity index (χ0) is 20.9. The molecule has 1 aliphatic rings. The van der Waals surface area contributed by atoms with Crippen LogP contribution in [0.5, 0.6) is 0 Å². The predicted octanol–water partition coefficient (Wildman–Crippen LogP) is 1.37. The van der Waals surface area contributed by atoms with Crippen molar-refractivity contribution in [3.8, 4) is 5.82 Å². The summed E-state index contributed by atoms with van der Waals surface area (Å²) in [6.07, 6.45) is 3.42. The number of nitrogens with zero attached hydrogens (tertiary/aromatic N) is 7. The lowest BCUT2D eigenvalue weighted by atomic mass is 10.1. The van der Waals surface area contributed by atoms with E-state index in [4.69, 9.17) is 10.4 Å². The predicted molar refractivity (Wildman–Crippen MR) is 109 cm³/mol. The van der Waals surface area contributed by atoms with E-state index in [0.717, 1.165) is 31.5 Å². The monoisotopic (exact) mass is 409 g/mol. The fraction of sp³-hybridized carbons (Fsp3) is 0.368. The number of piperidine rings is 1. The van der Waals surface area contributed by atoms with Crippen LogP contribution in [0.2, 0.25) is 0 Å². The quantitative estimate of drug-likeness (QED) is 0.459. The van der Waals surface area contributed by atoms with Crippen LogP contribution in [0.1, 0.15) is 47.9 Å². The van der Waals surface area contributed by atoms with E-state index in [-0.39, 0.29) is 17.3 Å². The second-order valence-corrected chi connectivity index (χ2v) is 7.11. The lowest BCUT2D eigenvalue weighted by Gasteiger charge is -2.26. The Morgan fingerprint density at radius 1 is 1.20 bits per heavy atom. The molecule has 0 atom stereocenters. The highest BCUT2D eigenvalue weighted by molar-refractivity contribution is 6.00. The smallest absolute Gasteiger partial charge is 0.293 e. The number of hydrazone groups is 1. The van der Waals surface area contributed by atoms with E-state index in [2.05, 4.69) is 36.1 Å². The minimum atomic E-state index is -0.460. The van der Waals surface area contributed by atoms with Crippen LogP contribution in [0, 0.1) is 0 Å². The first-order chi connectivity index (χ1) is 14.6. The maximum atomic E-state index is 12.9. The maximum Gasteiger partial charge on any atom is 0.293 e. The summed E-state index contributed by atoms with van der Waals surface area (Å²) in [5, 5.41) is 19.7. The van der Waals surface area contributed by atoms with Crippen molar-refractivity contribution in [1.29, 1.82) is 0 Å². The minimum absolute atomic E-state index is 0.0738. The molecular formula is C19H23N9O2. The molecule has 1 aromatic carbocycles. The molecule has 1 aliphatic heterocycles. The molecule has 1 amide bonds. The zero-order valence-corrected chi connectivity index (χ0v) is 16.7. The number of anilines is 1. The highest BCUT2D eigenvalue weighted by Gasteiger charge is 2.26. The van der Waals surface area contributed by atoms with Crippen molar-refractivity contribution in [3.05, 3.63) is 47.3 Å². The summed E-state index contributed by atoms with van der Waals surface area (Å²) in [7, 11) is 0. The van der Waals surface area contributed by atoms with Crippen LogP contribution in [-0.2, 0) is 6.54 Å². The van der Waals surface area contributed by atoms with Crippen molar-refractivity contribution in [2.45, 2.75) is 32.7 Å². The molecule has 0 spiro atoms. The number of likely N-dealkylation sites (tertiary alicyclic amines) is 1. The number of nitrogens with two attached hydrogens (primary N) is 1. The fourth-order valence-corrected chi connectivity index (χ4v) is 3.39. The SMILES string of the molecule is C/C(=N/NC(=O)c1nnn(-c2nonc2N)c1CN1CCCCC1)c1ccccc1. The van der Waals surface area contributed by atoms with Gasteiger partial charge < -0.3 is 5.73 Å². The number of hydrogen-bond donors (Lipinski definition) is 2. The number of hydrogen-bond acceptors (Lipinski definition) is 9. The van der Waals surface area contributed by atoms with Gasteiger partial charge in [-0.1, -0.05) is 42.0 Å². The Morgan fingerprint density at radius 2 is 1.97 bits per heavy atom. The van der Waals surface area contributed by atoms with Gasteiger partial charge in [-0.25, -0.2) is 10.1 Å². The van der Waals surface area contributed by atoms with Gasteiger partial charge in [-0.3, -0.25) is 9.69 Å². The number of aromatic nitrogens is 5. The zero-order valence-electron chi connectivity index (χ0n) is 16.7. The molecule has 0 bridgehead atoms. The first-order valence-corrected chi connectivity index (χ1v) is 9.79. The number of amides is 1. The number of nitrogens with one attached hydrogen (secondary N) is 1. The summed E-state index contributed by atoms with van der Waals surface area (Å²) in [4.78, 5) is 15.1. The fourth-order valence-electron chi connectivity index (χ4n) is 3.39. The molecular weight excluding hydrogens is 386 g/mol. The summed E-state index contributed by atoms with van der Waals surface area (Å²) >= 11 is 0. The number of rotatable bonds is 6. The van der Waals surface area contributed by atoms with Crippen molar-refractivity contribution >= 4 is 17.4 Å². The Kier molecular flexibility index (Phi) is 5.80. The van der Waals surface area contributed by atoms with Crippen LogP contribution in [0.3, 0.4) is 0 Å². The second-order valence-electron chi connectivity index (χ2n) is 7.11. The Bertz CT molecular complexity index is 1040. The van der Waals surface area contributed by atoms with Crippen LogP contribution in [0.25, 0.3) is 5.82 Å². The van der Waals surface area contributed by atoms with Crippen molar-refractivity contribution in [3.63, 3.8) is 0 Å². The molecule has 11 nitrogen and oxygen atoms in total. The lowest BCUT2D eigenvalue weighted by molar-refractivity contribution is 0.0947. The van der Waals surface area contributed by atoms with E-state index in [1.807, 2.05) is 37.3 Å². The van der Waals surface area contributed by atoms with Crippen LogP contribution in [-0.4, -0.2) is 54.9 Å². The van der Waals surface area contributed by atoms with Gasteiger partial charge in [0.15, 0.2) is 5.69 Å². The van der Waals surface area contributed by atoms with Gasteiger partial charge in [-0.15, -0.1) is 5.10 Å². The molecule has 0 unspecified atom stereocenters. The molecule has 0 saturated carbocycles. The van der Waals surface area contributed by atoms with Gasteiger partial charge in [0.1, 0.15) is 0 Å². The third kappa shape index (κ3) is 4.20.